The molecule has 0 aromatic heterocycles. The number of fused-ring (bicyclic) bond motifs is 3. The molecule has 0 bridgehead atoms. The highest BCUT2D eigenvalue weighted by Gasteiger charge is 2.13. The monoisotopic (exact) mass is 701 g/mol. The minimum atomic E-state index is 1.10. The van der Waals surface area contributed by atoms with Crippen molar-refractivity contribution >= 4 is 85.8 Å². The van der Waals surface area contributed by atoms with Gasteiger partial charge in [-0.05, 0) is 102 Å². The molecule has 55 heavy (non-hydrogen) atoms. The van der Waals surface area contributed by atoms with Gasteiger partial charge in [-0.1, -0.05) is 200 Å². The molecule has 1 heteroatoms. The molecule has 260 valence electrons. The van der Waals surface area contributed by atoms with Crippen molar-refractivity contribution in [3.05, 3.63) is 234 Å². The lowest BCUT2D eigenvalue weighted by Crippen LogP contribution is -2.09. The molecule has 9 rings (SSSR count). The van der Waals surface area contributed by atoms with Crippen LogP contribution >= 0.6 is 0 Å². The van der Waals surface area contributed by atoms with E-state index in [0.717, 1.165) is 33.8 Å². The van der Waals surface area contributed by atoms with E-state index >= 15 is 0 Å². The summed E-state index contributed by atoms with van der Waals surface area (Å²) in [5, 5.41) is 7.53. The average molecular weight is 702 g/mol. The zero-order chi connectivity index (χ0) is 36.8. The van der Waals surface area contributed by atoms with Crippen LogP contribution in [-0.2, 0) is 0 Å². The first-order valence-electron chi connectivity index (χ1n) is 18.8. The number of anilines is 3. The molecule has 0 heterocycles. The van der Waals surface area contributed by atoms with Crippen molar-refractivity contribution in [1.29, 1.82) is 0 Å². The first-order valence-corrected chi connectivity index (χ1v) is 18.8. The van der Waals surface area contributed by atoms with Gasteiger partial charge < -0.3 is 4.90 Å². The van der Waals surface area contributed by atoms with E-state index in [-0.39, 0.29) is 0 Å². The second-order valence-corrected chi connectivity index (χ2v) is 13.8. The number of benzene rings is 9. The van der Waals surface area contributed by atoms with Crippen LogP contribution in [-0.4, -0.2) is 0 Å². The summed E-state index contributed by atoms with van der Waals surface area (Å²) in [6, 6.07) is 71.5. The molecule has 0 unspecified atom stereocenters. The van der Waals surface area contributed by atoms with Gasteiger partial charge in [0.1, 0.15) is 0 Å². The molecule has 0 radical (unpaired) electrons. The van der Waals surface area contributed by atoms with E-state index < -0.39 is 0 Å². The third-order valence-corrected chi connectivity index (χ3v) is 10.3. The Morgan fingerprint density at radius 2 is 0.509 bits per heavy atom. The first kappa shape index (κ1) is 33.6. The van der Waals surface area contributed by atoms with Gasteiger partial charge in [-0.25, -0.2) is 0 Å². The zero-order valence-electron chi connectivity index (χ0n) is 30.5. The Bertz CT molecular complexity index is 2510. The molecule has 0 N–H and O–H groups in total. The minimum Gasteiger partial charge on any atom is -0.311 e. The molecule has 0 amide bonds. The summed E-state index contributed by atoms with van der Waals surface area (Å²) >= 11 is 0. The number of rotatable bonds is 9. The molecule has 9 aromatic rings. The summed E-state index contributed by atoms with van der Waals surface area (Å²) < 4.78 is 0. The van der Waals surface area contributed by atoms with Crippen LogP contribution in [0.2, 0.25) is 0 Å². The van der Waals surface area contributed by atoms with Gasteiger partial charge in [-0.2, -0.15) is 0 Å². The summed E-state index contributed by atoms with van der Waals surface area (Å²) in [4.78, 5) is 2.33. The van der Waals surface area contributed by atoms with Gasteiger partial charge >= 0.3 is 0 Å². The SMILES string of the molecule is C(=Cc1cccc2ccccc12)c1ccc(N(c2ccc(C=Cc3cccc4ccccc34)cc2)c2ccc(C=Cc3cccc4ccccc34)cc2)cc1. The van der Waals surface area contributed by atoms with E-state index in [1.54, 1.807) is 0 Å². The van der Waals surface area contributed by atoms with Gasteiger partial charge in [0.25, 0.3) is 0 Å². The van der Waals surface area contributed by atoms with Crippen LogP contribution in [0.15, 0.2) is 200 Å². The Labute approximate surface area is 323 Å². The maximum absolute atomic E-state index is 2.33. The van der Waals surface area contributed by atoms with E-state index in [1.807, 2.05) is 0 Å². The van der Waals surface area contributed by atoms with Crippen molar-refractivity contribution < 1.29 is 0 Å². The Morgan fingerprint density at radius 1 is 0.236 bits per heavy atom. The highest BCUT2D eigenvalue weighted by Crippen LogP contribution is 2.36. The minimum absolute atomic E-state index is 1.10. The van der Waals surface area contributed by atoms with Gasteiger partial charge in [-0.15, -0.1) is 0 Å². The molecule has 0 aliphatic heterocycles. The molecule has 0 aliphatic rings. The quantitative estimate of drug-likeness (QED) is 0.135. The molecular weight excluding hydrogens is 663 g/mol. The molecule has 0 aliphatic carbocycles. The molecule has 0 fully saturated rings. The second kappa shape index (κ2) is 15.4. The van der Waals surface area contributed by atoms with Gasteiger partial charge in [0.2, 0.25) is 0 Å². The topological polar surface area (TPSA) is 3.24 Å². The van der Waals surface area contributed by atoms with E-state index in [4.69, 9.17) is 0 Å². The van der Waals surface area contributed by atoms with E-state index in [9.17, 15) is 0 Å². The van der Waals surface area contributed by atoms with Crippen LogP contribution in [0.25, 0.3) is 68.8 Å². The fourth-order valence-electron chi connectivity index (χ4n) is 7.40. The predicted molar refractivity (Wildman–Crippen MR) is 240 cm³/mol. The summed E-state index contributed by atoms with van der Waals surface area (Å²) in [5.41, 5.74) is 10.4. The lowest BCUT2D eigenvalue weighted by Gasteiger charge is -2.26. The van der Waals surface area contributed by atoms with E-state index in [0.29, 0.717) is 0 Å². The van der Waals surface area contributed by atoms with Gasteiger partial charge in [-0.3, -0.25) is 0 Å². The highest BCUT2D eigenvalue weighted by atomic mass is 15.1. The lowest BCUT2D eigenvalue weighted by atomic mass is 10.0. The standard InChI is InChI=1S/C54H39N/c1-4-19-52-43(10-1)13-7-16-46(52)31-22-40-25-34-49(35-26-40)55(50-36-27-41(28-37-50)23-32-47-17-8-14-44-11-2-5-20-53(44)47)51-38-29-42(30-39-51)24-33-48-18-9-15-45-12-3-6-21-54(45)48/h1-39H. The molecule has 1 nitrogen and oxygen atoms in total. The van der Waals surface area contributed by atoms with Crippen molar-refractivity contribution in [2.24, 2.45) is 0 Å². The van der Waals surface area contributed by atoms with Crippen LogP contribution in [0.4, 0.5) is 17.1 Å². The van der Waals surface area contributed by atoms with Gasteiger partial charge in [0.15, 0.2) is 0 Å². The van der Waals surface area contributed by atoms with Crippen molar-refractivity contribution in [2.75, 3.05) is 4.90 Å². The van der Waals surface area contributed by atoms with Crippen molar-refractivity contribution in [1.82, 2.24) is 0 Å². The molecule has 9 aromatic carbocycles. The highest BCUT2D eigenvalue weighted by molar-refractivity contribution is 5.95. The Morgan fingerprint density at radius 3 is 0.818 bits per heavy atom. The number of hydrogen-bond donors (Lipinski definition) is 0. The predicted octanol–water partition coefficient (Wildman–Crippen LogP) is 15.1. The largest absolute Gasteiger partial charge is 0.311 e. The zero-order valence-corrected chi connectivity index (χ0v) is 30.5. The fraction of sp³-hybridized carbons (Fsp3) is 0. The molecule has 0 saturated heterocycles. The average Bonchev–Trinajstić information content (AvgIpc) is 3.25. The first-order chi connectivity index (χ1) is 27.2. The van der Waals surface area contributed by atoms with Crippen LogP contribution in [0.1, 0.15) is 33.4 Å². The van der Waals surface area contributed by atoms with E-state index in [1.165, 1.54) is 49.0 Å². The summed E-state index contributed by atoms with van der Waals surface area (Å²) in [5.74, 6) is 0. The summed E-state index contributed by atoms with van der Waals surface area (Å²) in [6.07, 6.45) is 13.2. The summed E-state index contributed by atoms with van der Waals surface area (Å²) in [7, 11) is 0. The number of hydrogen-bond acceptors (Lipinski definition) is 1. The Balaban J connectivity index is 1.02. The Hall–Kier alpha value is -7.22. The summed E-state index contributed by atoms with van der Waals surface area (Å²) in [6.45, 7) is 0. The third kappa shape index (κ3) is 7.38. The van der Waals surface area contributed by atoms with E-state index in [2.05, 4.69) is 242 Å². The van der Waals surface area contributed by atoms with Crippen LogP contribution in [0.3, 0.4) is 0 Å². The van der Waals surface area contributed by atoms with Crippen molar-refractivity contribution in [2.45, 2.75) is 0 Å². The van der Waals surface area contributed by atoms with Crippen LogP contribution in [0, 0.1) is 0 Å². The van der Waals surface area contributed by atoms with Gasteiger partial charge in [0.05, 0.1) is 0 Å². The fourth-order valence-corrected chi connectivity index (χ4v) is 7.40. The maximum Gasteiger partial charge on any atom is 0.0462 e. The molecule has 0 saturated carbocycles. The molecule has 0 atom stereocenters. The van der Waals surface area contributed by atoms with Crippen molar-refractivity contribution in [3.63, 3.8) is 0 Å². The van der Waals surface area contributed by atoms with Crippen LogP contribution in [0.5, 0.6) is 0 Å². The second-order valence-electron chi connectivity index (χ2n) is 13.8. The molecular formula is C54H39N. The smallest absolute Gasteiger partial charge is 0.0462 e. The molecule has 0 spiro atoms. The normalized spacial score (nSPS) is 11.8. The third-order valence-electron chi connectivity index (χ3n) is 10.3. The lowest BCUT2D eigenvalue weighted by molar-refractivity contribution is 1.28. The maximum atomic E-state index is 2.33. The number of nitrogens with zero attached hydrogens (tertiary/aromatic N) is 1. The Kier molecular flexibility index (Phi) is 9.41. The van der Waals surface area contributed by atoms with Gasteiger partial charge in [0, 0.05) is 17.1 Å². The van der Waals surface area contributed by atoms with Crippen molar-refractivity contribution in [3.8, 4) is 0 Å². The van der Waals surface area contributed by atoms with Crippen LogP contribution < -0.4 is 4.90 Å².